The van der Waals surface area contributed by atoms with Gasteiger partial charge in [0, 0.05) is 0 Å². The Balaban J connectivity index is 2.83. The molecule has 1 heterocycles. The molecule has 4 nitrogen and oxygen atoms in total. The highest BCUT2D eigenvalue weighted by atomic mass is 16.5. The molecule has 0 radical (unpaired) electrons. The predicted molar refractivity (Wildman–Crippen MR) is 56.4 cm³/mol. The van der Waals surface area contributed by atoms with Crippen LogP contribution < -0.4 is 0 Å². The molecule has 1 aliphatic heterocycles. The second-order valence-corrected chi connectivity index (χ2v) is 5.34. The van der Waals surface area contributed by atoms with Crippen molar-refractivity contribution >= 4 is 0 Å². The molecule has 4 heteroatoms. The van der Waals surface area contributed by atoms with Gasteiger partial charge in [-0.2, -0.15) is 0 Å². The van der Waals surface area contributed by atoms with Crippen molar-refractivity contribution in [1.82, 2.24) is 0 Å². The molecule has 0 aromatic heterocycles. The van der Waals surface area contributed by atoms with Crippen molar-refractivity contribution in [2.24, 2.45) is 5.41 Å². The van der Waals surface area contributed by atoms with Gasteiger partial charge in [0.15, 0.2) is 0 Å². The number of hydrogen-bond acceptors (Lipinski definition) is 4. The van der Waals surface area contributed by atoms with Gasteiger partial charge in [0.05, 0.1) is 12.2 Å². The van der Waals surface area contributed by atoms with E-state index in [0.29, 0.717) is 6.42 Å². The minimum absolute atomic E-state index is 0.256. The van der Waals surface area contributed by atoms with Crippen molar-refractivity contribution in [2.45, 2.75) is 64.6 Å². The smallest absolute Gasteiger partial charge is 0.111 e. The van der Waals surface area contributed by atoms with E-state index in [1.807, 2.05) is 27.7 Å². The fourth-order valence-electron chi connectivity index (χ4n) is 2.00. The Morgan fingerprint density at radius 1 is 1.00 bits per heavy atom. The summed E-state index contributed by atoms with van der Waals surface area (Å²) in [7, 11) is 0. The Hall–Kier alpha value is -0.160. The molecule has 0 saturated carbocycles. The van der Waals surface area contributed by atoms with E-state index >= 15 is 0 Å². The normalized spacial score (nSPS) is 43.0. The Bertz CT molecular complexity index is 209. The molecule has 1 saturated heterocycles. The fraction of sp³-hybridized carbons (Fsp3) is 1.00. The SMILES string of the molecule is CC[C@@H]1OC(C(C)(C)C)[C@@H](O)[C@H](O)[C@H]1O. The van der Waals surface area contributed by atoms with Crippen LogP contribution in [0.1, 0.15) is 34.1 Å². The lowest BCUT2D eigenvalue weighted by molar-refractivity contribution is -0.244. The maximum absolute atomic E-state index is 9.82. The average Bonchev–Trinajstić information content (AvgIpc) is 2.13. The Kier molecular flexibility index (Phi) is 3.76. The molecular formula is C11H22O4. The highest BCUT2D eigenvalue weighted by Gasteiger charge is 2.46. The van der Waals surface area contributed by atoms with Gasteiger partial charge in [0.2, 0.25) is 0 Å². The van der Waals surface area contributed by atoms with Crippen molar-refractivity contribution in [3.63, 3.8) is 0 Å². The van der Waals surface area contributed by atoms with E-state index in [1.54, 1.807) is 0 Å². The van der Waals surface area contributed by atoms with Crippen LogP contribution in [0.25, 0.3) is 0 Å². The molecule has 0 bridgehead atoms. The maximum Gasteiger partial charge on any atom is 0.111 e. The van der Waals surface area contributed by atoms with E-state index in [-0.39, 0.29) is 5.41 Å². The Labute approximate surface area is 90.9 Å². The summed E-state index contributed by atoms with van der Waals surface area (Å²) in [5, 5.41) is 29.2. The molecule has 0 aromatic rings. The second-order valence-electron chi connectivity index (χ2n) is 5.34. The van der Waals surface area contributed by atoms with Gasteiger partial charge in [-0.3, -0.25) is 0 Å². The minimum Gasteiger partial charge on any atom is -0.388 e. The number of hydrogen-bond donors (Lipinski definition) is 3. The lowest BCUT2D eigenvalue weighted by Crippen LogP contribution is -2.60. The molecule has 1 rings (SSSR count). The number of rotatable bonds is 1. The molecule has 0 spiro atoms. The zero-order chi connectivity index (χ0) is 11.8. The summed E-state index contributed by atoms with van der Waals surface area (Å²) in [6.07, 6.45) is -3.36. The first kappa shape index (κ1) is 12.9. The van der Waals surface area contributed by atoms with Gasteiger partial charge >= 0.3 is 0 Å². The minimum atomic E-state index is -1.12. The van der Waals surface area contributed by atoms with Gasteiger partial charge in [-0.25, -0.2) is 0 Å². The van der Waals surface area contributed by atoms with Gasteiger partial charge < -0.3 is 20.1 Å². The van der Waals surface area contributed by atoms with E-state index in [1.165, 1.54) is 0 Å². The molecule has 0 aromatic carbocycles. The van der Waals surface area contributed by atoms with E-state index in [0.717, 1.165) is 0 Å². The summed E-state index contributed by atoms with van der Waals surface area (Å²) in [6, 6.07) is 0. The molecule has 3 N–H and O–H groups in total. The van der Waals surface area contributed by atoms with Crippen LogP contribution in [0, 0.1) is 5.41 Å². The van der Waals surface area contributed by atoms with Crippen molar-refractivity contribution in [2.75, 3.05) is 0 Å². The van der Waals surface area contributed by atoms with E-state index in [2.05, 4.69) is 0 Å². The molecule has 15 heavy (non-hydrogen) atoms. The Morgan fingerprint density at radius 2 is 1.53 bits per heavy atom. The molecule has 5 atom stereocenters. The predicted octanol–water partition coefficient (Wildman–Crippen LogP) is 0.293. The third kappa shape index (κ3) is 2.50. The lowest BCUT2D eigenvalue weighted by Gasteiger charge is -2.45. The quantitative estimate of drug-likeness (QED) is 0.592. The highest BCUT2D eigenvalue weighted by molar-refractivity contribution is 4.95. The van der Waals surface area contributed by atoms with Crippen LogP contribution in [0.15, 0.2) is 0 Å². The van der Waals surface area contributed by atoms with Crippen LogP contribution in [0.2, 0.25) is 0 Å². The van der Waals surface area contributed by atoms with Crippen molar-refractivity contribution in [1.29, 1.82) is 0 Å². The largest absolute Gasteiger partial charge is 0.388 e. The molecule has 1 aliphatic rings. The van der Waals surface area contributed by atoms with Crippen LogP contribution >= 0.6 is 0 Å². The van der Waals surface area contributed by atoms with Crippen LogP contribution in [0.3, 0.4) is 0 Å². The van der Waals surface area contributed by atoms with Crippen molar-refractivity contribution in [3.8, 4) is 0 Å². The zero-order valence-corrected chi connectivity index (χ0v) is 9.84. The molecule has 0 aliphatic carbocycles. The van der Waals surface area contributed by atoms with Crippen LogP contribution in [0.4, 0.5) is 0 Å². The van der Waals surface area contributed by atoms with Gasteiger partial charge in [-0.15, -0.1) is 0 Å². The summed E-state index contributed by atoms with van der Waals surface area (Å²) >= 11 is 0. The lowest BCUT2D eigenvalue weighted by atomic mass is 9.80. The first-order chi connectivity index (χ1) is 6.79. The van der Waals surface area contributed by atoms with Crippen LogP contribution in [-0.4, -0.2) is 45.8 Å². The highest BCUT2D eigenvalue weighted by Crippen LogP contribution is 2.33. The van der Waals surface area contributed by atoms with Gasteiger partial charge in [0.25, 0.3) is 0 Å². The summed E-state index contributed by atoms with van der Waals surface area (Å²) < 4.78 is 5.63. The molecule has 0 amide bonds. The van der Waals surface area contributed by atoms with E-state index in [4.69, 9.17) is 4.74 Å². The Morgan fingerprint density at radius 3 is 1.93 bits per heavy atom. The van der Waals surface area contributed by atoms with Crippen molar-refractivity contribution in [3.05, 3.63) is 0 Å². The van der Waals surface area contributed by atoms with Gasteiger partial charge in [-0.1, -0.05) is 27.7 Å². The molecule has 1 unspecified atom stereocenters. The summed E-state index contributed by atoms with van der Waals surface area (Å²) in [5.74, 6) is 0. The third-order valence-corrected chi connectivity index (χ3v) is 2.97. The fourth-order valence-corrected chi connectivity index (χ4v) is 2.00. The molecular weight excluding hydrogens is 196 g/mol. The van der Waals surface area contributed by atoms with E-state index < -0.39 is 30.5 Å². The van der Waals surface area contributed by atoms with E-state index in [9.17, 15) is 15.3 Å². The van der Waals surface area contributed by atoms with Crippen molar-refractivity contribution < 1.29 is 20.1 Å². The number of aliphatic hydroxyl groups excluding tert-OH is 3. The second kappa shape index (κ2) is 4.37. The number of ether oxygens (including phenoxy) is 1. The number of aliphatic hydroxyl groups is 3. The van der Waals surface area contributed by atoms with Crippen LogP contribution in [-0.2, 0) is 4.74 Å². The van der Waals surface area contributed by atoms with Crippen LogP contribution in [0.5, 0.6) is 0 Å². The average molecular weight is 218 g/mol. The first-order valence-electron chi connectivity index (χ1n) is 5.48. The first-order valence-corrected chi connectivity index (χ1v) is 5.48. The maximum atomic E-state index is 9.82. The van der Waals surface area contributed by atoms with Gasteiger partial charge in [0.1, 0.15) is 18.3 Å². The molecule has 90 valence electrons. The standard InChI is InChI=1S/C11H22O4/c1-5-6-7(12)8(13)9(14)10(15-6)11(2,3)4/h6-10,12-14H,5H2,1-4H3/t6-,7-,8+,9-,10?/m0/s1. The molecule has 1 fully saturated rings. The van der Waals surface area contributed by atoms with Gasteiger partial charge in [-0.05, 0) is 11.8 Å². The summed E-state index contributed by atoms with van der Waals surface area (Å²) in [6.45, 7) is 7.71. The summed E-state index contributed by atoms with van der Waals surface area (Å²) in [4.78, 5) is 0. The zero-order valence-electron chi connectivity index (χ0n) is 9.84. The summed E-state index contributed by atoms with van der Waals surface area (Å²) in [5.41, 5.74) is -0.256. The monoisotopic (exact) mass is 218 g/mol. The topological polar surface area (TPSA) is 69.9 Å². The third-order valence-electron chi connectivity index (χ3n) is 2.97.